The number of hydrogen-bond donors (Lipinski definition) is 1. The van der Waals surface area contributed by atoms with Crippen molar-refractivity contribution in [1.29, 1.82) is 0 Å². The van der Waals surface area contributed by atoms with Crippen molar-refractivity contribution in [3.05, 3.63) is 71.3 Å². The molecule has 7 heteroatoms. The molecule has 0 aliphatic heterocycles. The SMILES string of the molecule is CC.Cc1ccccc1F.O=C(O)C1C=C(c2cncc(C(F)(F)F)c2)CC1. The van der Waals surface area contributed by atoms with Gasteiger partial charge in [0, 0.05) is 12.4 Å². The molecule has 0 fully saturated rings. The van der Waals surface area contributed by atoms with Gasteiger partial charge in [0.25, 0.3) is 0 Å². The van der Waals surface area contributed by atoms with Crippen LogP contribution in [-0.2, 0) is 11.0 Å². The second-order valence-electron chi connectivity index (χ2n) is 5.88. The summed E-state index contributed by atoms with van der Waals surface area (Å²) in [6.07, 6.45) is 0.0216. The Labute approximate surface area is 161 Å². The molecule has 3 rings (SSSR count). The summed E-state index contributed by atoms with van der Waals surface area (Å²) in [5, 5.41) is 8.82. The van der Waals surface area contributed by atoms with Gasteiger partial charge in [-0.2, -0.15) is 13.2 Å². The van der Waals surface area contributed by atoms with Crippen LogP contribution >= 0.6 is 0 Å². The summed E-state index contributed by atoms with van der Waals surface area (Å²) < 4.78 is 49.8. The normalized spacial score (nSPS) is 15.5. The molecule has 1 heterocycles. The van der Waals surface area contributed by atoms with Crippen molar-refractivity contribution in [3.63, 3.8) is 0 Å². The molecular formula is C21H23F4NO2. The van der Waals surface area contributed by atoms with Gasteiger partial charge in [0.05, 0.1) is 11.5 Å². The van der Waals surface area contributed by atoms with Crippen LogP contribution in [0.2, 0.25) is 0 Å². The average Bonchev–Trinajstić information content (AvgIpc) is 3.16. The molecule has 0 spiro atoms. The topological polar surface area (TPSA) is 50.2 Å². The van der Waals surface area contributed by atoms with Gasteiger partial charge >= 0.3 is 12.1 Å². The molecule has 1 aromatic carbocycles. The Morgan fingerprint density at radius 2 is 1.82 bits per heavy atom. The number of carboxylic acid groups (broad SMARTS) is 1. The number of carboxylic acids is 1. The summed E-state index contributed by atoms with van der Waals surface area (Å²) >= 11 is 0. The van der Waals surface area contributed by atoms with E-state index in [1.54, 1.807) is 19.1 Å². The van der Waals surface area contributed by atoms with E-state index in [1.807, 2.05) is 19.9 Å². The molecule has 2 aromatic rings. The van der Waals surface area contributed by atoms with Gasteiger partial charge in [-0.1, -0.05) is 38.1 Å². The second-order valence-corrected chi connectivity index (χ2v) is 5.88. The zero-order valence-corrected chi connectivity index (χ0v) is 15.9. The Kier molecular flexibility index (Phi) is 8.82. The van der Waals surface area contributed by atoms with Gasteiger partial charge in [-0.05, 0) is 48.6 Å². The molecule has 1 aliphatic carbocycles. The van der Waals surface area contributed by atoms with Crippen LogP contribution in [0.5, 0.6) is 0 Å². The van der Waals surface area contributed by atoms with Crippen molar-refractivity contribution in [2.75, 3.05) is 0 Å². The van der Waals surface area contributed by atoms with E-state index < -0.39 is 23.6 Å². The Balaban J connectivity index is 0.000000327. The maximum absolute atomic E-state index is 12.5. The molecule has 0 amide bonds. The minimum absolute atomic E-state index is 0.132. The van der Waals surface area contributed by atoms with Crippen LogP contribution < -0.4 is 0 Å². The average molecular weight is 397 g/mol. The predicted octanol–water partition coefficient (Wildman–Crippen LogP) is 6.14. The summed E-state index contributed by atoms with van der Waals surface area (Å²) in [7, 11) is 0. The van der Waals surface area contributed by atoms with Crippen LogP contribution in [0.15, 0.2) is 48.8 Å². The van der Waals surface area contributed by atoms with Crippen molar-refractivity contribution < 1.29 is 27.5 Å². The molecule has 0 saturated carbocycles. The van der Waals surface area contributed by atoms with E-state index >= 15 is 0 Å². The number of allylic oxidation sites excluding steroid dienone is 1. The lowest BCUT2D eigenvalue weighted by atomic mass is 10.1. The Bertz CT molecular complexity index is 795. The molecule has 1 aliphatic rings. The van der Waals surface area contributed by atoms with Crippen LogP contribution in [0.4, 0.5) is 17.6 Å². The Morgan fingerprint density at radius 3 is 2.29 bits per heavy atom. The van der Waals surface area contributed by atoms with E-state index in [9.17, 15) is 22.4 Å². The van der Waals surface area contributed by atoms with E-state index in [0.717, 1.165) is 12.3 Å². The minimum atomic E-state index is -4.44. The number of hydrogen-bond acceptors (Lipinski definition) is 2. The molecule has 0 bridgehead atoms. The quantitative estimate of drug-likeness (QED) is 0.620. The fourth-order valence-corrected chi connectivity index (χ4v) is 2.48. The first-order chi connectivity index (χ1) is 13.2. The lowest BCUT2D eigenvalue weighted by Crippen LogP contribution is -2.07. The highest BCUT2D eigenvalue weighted by atomic mass is 19.4. The highest BCUT2D eigenvalue weighted by Crippen LogP contribution is 2.34. The second kappa shape index (κ2) is 10.6. The Hall–Kier alpha value is -2.70. The van der Waals surface area contributed by atoms with Crippen molar-refractivity contribution in [1.82, 2.24) is 4.98 Å². The van der Waals surface area contributed by atoms with Crippen molar-refractivity contribution >= 4 is 11.5 Å². The first kappa shape index (κ1) is 23.3. The van der Waals surface area contributed by atoms with Crippen molar-refractivity contribution in [3.8, 4) is 0 Å². The van der Waals surface area contributed by atoms with E-state index in [0.29, 0.717) is 29.5 Å². The molecule has 0 radical (unpaired) electrons. The van der Waals surface area contributed by atoms with E-state index in [-0.39, 0.29) is 5.82 Å². The maximum atomic E-state index is 12.5. The summed E-state index contributed by atoms with van der Waals surface area (Å²) in [6.45, 7) is 5.75. The monoisotopic (exact) mass is 397 g/mol. The smallest absolute Gasteiger partial charge is 0.417 e. The van der Waals surface area contributed by atoms with Gasteiger partial charge in [-0.25, -0.2) is 4.39 Å². The molecule has 1 N–H and O–H groups in total. The number of pyridine rings is 1. The third-order valence-electron chi connectivity index (χ3n) is 3.96. The highest BCUT2D eigenvalue weighted by Gasteiger charge is 2.32. The number of alkyl halides is 3. The van der Waals surface area contributed by atoms with Crippen LogP contribution in [0.3, 0.4) is 0 Å². The van der Waals surface area contributed by atoms with E-state index in [4.69, 9.17) is 5.11 Å². The largest absolute Gasteiger partial charge is 0.481 e. The number of aliphatic carboxylic acids is 1. The molecule has 28 heavy (non-hydrogen) atoms. The van der Waals surface area contributed by atoms with Crippen LogP contribution in [-0.4, -0.2) is 16.1 Å². The van der Waals surface area contributed by atoms with Crippen LogP contribution in [0, 0.1) is 18.7 Å². The summed E-state index contributed by atoms with van der Waals surface area (Å²) in [6, 6.07) is 7.70. The number of aryl methyl sites for hydroxylation is 1. The summed E-state index contributed by atoms with van der Waals surface area (Å²) in [5.74, 6) is -1.70. The third kappa shape index (κ3) is 6.79. The molecule has 152 valence electrons. The van der Waals surface area contributed by atoms with Crippen molar-refractivity contribution in [2.24, 2.45) is 5.92 Å². The van der Waals surface area contributed by atoms with Crippen LogP contribution in [0.1, 0.15) is 43.4 Å². The van der Waals surface area contributed by atoms with Gasteiger partial charge in [0.2, 0.25) is 0 Å². The Morgan fingerprint density at radius 1 is 1.18 bits per heavy atom. The van der Waals surface area contributed by atoms with Crippen molar-refractivity contribution in [2.45, 2.75) is 39.8 Å². The molecular weight excluding hydrogens is 374 g/mol. The number of halogens is 4. The number of aromatic nitrogens is 1. The molecule has 1 atom stereocenters. The molecule has 3 nitrogen and oxygen atoms in total. The number of benzene rings is 1. The number of nitrogens with zero attached hydrogens (tertiary/aromatic N) is 1. The lowest BCUT2D eigenvalue weighted by Gasteiger charge is -2.08. The number of rotatable bonds is 2. The summed E-state index contributed by atoms with van der Waals surface area (Å²) in [5.41, 5.74) is 0.835. The number of carbonyl (C=O) groups is 1. The fourth-order valence-electron chi connectivity index (χ4n) is 2.48. The van der Waals surface area contributed by atoms with Gasteiger partial charge in [-0.15, -0.1) is 0 Å². The minimum Gasteiger partial charge on any atom is -0.481 e. The first-order valence-electron chi connectivity index (χ1n) is 8.85. The standard InChI is InChI=1S/C12H10F3NO2.C7H7F.C2H6/c13-12(14,15)10-4-9(5-16-6-10)7-1-2-8(3-7)11(17)18;1-6-4-2-3-5-7(6)8;1-2/h3-6,8H,1-2H2,(H,17,18);2-5H,1H3;1-2H3. The maximum Gasteiger partial charge on any atom is 0.417 e. The molecule has 1 aromatic heterocycles. The zero-order chi connectivity index (χ0) is 21.3. The van der Waals surface area contributed by atoms with Gasteiger partial charge in [-0.3, -0.25) is 9.78 Å². The predicted molar refractivity (Wildman–Crippen MR) is 100 cm³/mol. The highest BCUT2D eigenvalue weighted by molar-refractivity contribution is 5.79. The van der Waals surface area contributed by atoms with Gasteiger partial charge < -0.3 is 5.11 Å². The van der Waals surface area contributed by atoms with Gasteiger partial charge in [0.15, 0.2) is 0 Å². The first-order valence-corrected chi connectivity index (χ1v) is 8.85. The van der Waals surface area contributed by atoms with E-state index in [2.05, 4.69) is 4.98 Å². The van der Waals surface area contributed by atoms with Gasteiger partial charge in [0.1, 0.15) is 5.82 Å². The summed E-state index contributed by atoms with van der Waals surface area (Å²) in [4.78, 5) is 14.3. The zero-order valence-electron chi connectivity index (χ0n) is 15.9. The molecule has 1 unspecified atom stereocenters. The van der Waals surface area contributed by atoms with Crippen LogP contribution in [0.25, 0.3) is 5.57 Å². The fraction of sp³-hybridized carbons (Fsp3) is 0.333. The molecule has 0 saturated heterocycles. The van der Waals surface area contributed by atoms with E-state index in [1.165, 1.54) is 18.3 Å². The lowest BCUT2D eigenvalue weighted by molar-refractivity contribution is -0.140. The third-order valence-corrected chi connectivity index (χ3v) is 3.96.